The number of benzene rings is 1. The van der Waals surface area contributed by atoms with E-state index in [4.69, 9.17) is 9.15 Å². The van der Waals surface area contributed by atoms with Crippen LogP contribution in [0.5, 0.6) is 5.75 Å². The minimum Gasteiger partial charge on any atom is -0.497 e. The summed E-state index contributed by atoms with van der Waals surface area (Å²) >= 11 is 1.61. The van der Waals surface area contributed by atoms with Crippen molar-refractivity contribution in [2.45, 2.75) is 17.5 Å². The van der Waals surface area contributed by atoms with E-state index in [0.717, 1.165) is 39.4 Å². The van der Waals surface area contributed by atoms with Crippen LogP contribution < -0.4 is 4.74 Å². The third-order valence-electron chi connectivity index (χ3n) is 4.72. The molecule has 0 saturated carbocycles. The number of ether oxygens (including phenoxy) is 1. The van der Waals surface area contributed by atoms with Crippen LogP contribution in [-0.2, 0) is 12.3 Å². The molecule has 4 aromatic heterocycles. The van der Waals surface area contributed by atoms with Gasteiger partial charge in [-0.05, 0) is 48.5 Å². The Morgan fingerprint density at radius 3 is 2.70 bits per heavy atom. The number of furan rings is 1. The molecule has 150 valence electrons. The van der Waals surface area contributed by atoms with Crippen LogP contribution in [0.4, 0.5) is 0 Å². The van der Waals surface area contributed by atoms with Crippen molar-refractivity contribution >= 4 is 17.4 Å². The van der Waals surface area contributed by atoms with E-state index in [9.17, 15) is 0 Å². The SMILES string of the molecule is COc1ccc(-c2nnc(SCc3cn4ccccc4n3)n2Cc2ccco2)cc1. The van der Waals surface area contributed by atoms with Gasteiger partial charge in [-0.15, -0.1) is 10.2 Å². The highest BCUT2D eigenvalue weighted by molar-refractivity contribution is 7.98. The van der Waals surface area contributed by atoms with Gasteiger partial charge in [-0.1, -0.05) is 17.8 Å². The molecule has 0 bridgehead atoms. The summed E-state index contributed by atoms with van der Waals surface area (Å²) in [6.45, 7) is 0.550. The first kappa shape index (κ1) is 18.5. The molecule has 0 aliphatic carbocycles. The molecule has 0 unspecified atom stereocenters. The third kappa shape index (κ3) is 3.69. The summed E-state index contributed by atoms with van der Waals surface area (Å²) in [5.74, 6) is 3.13. The van der Waals surface area contributed by atoms with E-state index in [1.807, 2.05) is 71.4 Å². The second-order valence-electron chi connectivity index (χ2n) is 6.69. The number of thioether (sulfide) groups is 1. The van der Waals surface area contributed by atoms with E-state index >= 15 is 0 Å². The summed E-state index contributed by atoms with van der Waals surface area (Å²) in [6, 6.07) is 17.6. The summed E-state index contributed by atoms with van der Waals surface area (Å²) in [6.07, 6.45) is 5.72. The highest BCUT2D eigenvalue weighted by atomic mass is 32.2. The zero-order valence-corrected chi connectivity index (χ0v) is 17.1. The number of pyridine rings is 1. The van der Waals surface area contributed by atoms with Gasteiger partial charge in [0.05, 0.1) is 25.6 Å². The Bertz CT molecular complexity index is 1230. The van der Waals surface area contributed by atoms with Gasteiger partial charge in [0, 0.05) is 23.7 Å². The molecule has 1 aromatic carbocycles. The van der Waals surface area contributed by atoms with Gasteiger partial charge >= 0.3 is 0 Å². The van der Waals surface area contributed by atoms with Gasteiger partial charge in [-0.2, -0.15) is 0 Å². The topological polar surface area (TPSA) is 70.4 Å². The molecule has 0 aliphatic rings. The molecule has 4 heterocycles. The van der Waals surface area contributed by atoms with Crippen molar-refractivity contribution in [1.82, 2.24) is 24.1 Å². The van der Waals surface area contributed by atoms with Crippen molar-refractivity contribution in [1.29, 1.82) is 0 Å². The van der Waals surface area contributed by atoms with Crippen molar-refractivity contribution in [2.75, 3.05) is 7.11 Å². The molecule has 0 N–H and O–H groups in total. The Labute approximate surface area is 177 Å². The third-order valence-corrected chi connectivity index (χ3v) is 5.72. The monoisotopic (exact) mass is 417 g/mol. The highest BCUT2D eigenvalue weighted by Gasteiger charge is 2.16. The van der Waals surface area contributed by atoms with Gasteiger partial charge in [-0.3, -0.25) is 4.57 Å². The number of methoxy groups -OCH3 is 1. The molecule has 0 saturated heterocycles. The molecular weight excluding hydrogens is 398 g/mol. The molecule has 30 heavy (non-hydrogen) atoms. The van der Waals surface area contributed by atoms with Gasteiger partial charge in [0.2, 0.25) is 0 Å². The predicted octanol–water partition coefficient (Wildman–Crippen LogP) is 4.54. The number of rotatable bonds is 7. The zero-order chi connectivity index (χ0) is 20.3. The summed E-state index contributed by atoms with van der Waals surface area (Å²) in [5.41, 5.74) is 2.89. The van der Waals surface area contributed by atoms with Gasteiger partial charge in [0.1, 0.15) is 17.2 Å². The first-order valence-corrected chi connectivity index (χ1v) is 10.4. The first-order chi connectivity index (χ1) is 14.8. The van der Waals surface area contributed by atoms with E-state index < -0.39 is 0 Å². The fourth-order valence-electron chi connectivity index (χ4n) is 3.25. The van der Waals surface area contributed by atoms with Crippen LogP contribution in [0.1, 0.15) is 11.5 Å². The number of hydrogen-bond donors (Lipinski definition) is 0. The van der Waals surface area contributed by atoms with Crippen molar-refractivity contribution in [3.8, 4) is 17.1 Å². The lowest BCUT2D eigenvalue weighted by Gasteiger charge is -2.09. The standard InChI is InChI=1S/C22H19N5O2S/c1-28-18-9-7-16(8-10-18)21-24-25-22(27(21)14-19-5-4-12-29-19)30-15-17-13-26-11-3-2-6-20(26)23-17/h2-13H,14-15H2,1H3. The maximum Gasteiger partial charge on any atom is 0.192 e. The maximum atomic E-state index is 5.57. The molecule has 0 radical (unpaired) electrons. The molecule has 7 nitrogen and oxygen atoms in total. The van der Waals surface area contributed by atoms with Gasteiger partial charge in [-0.25, -0.2) is 4.98 Å². The second-order valence-corrected chi connectivity index (χ2v) is 7.63. The van der Waals surface area contributed by atoms with Crippen molar-refractivity contribution in [3.63, 3.8) is 0 Å². The number of fused-ring (bicyclic) bond motifs is 1. The predicted molar refractivity (Wildman–Crippen MR) is 115 cm³/mol. The summed E-state index contributed by atoms with van der Waals surface area (Å²) in [7, 11) is 1.66. The van der Waals surface area contributed by atoms with Crippen LogP contribution in [0.15, 0.2) is 82.8 Å². The van der Waals surface area contributed by atoms with Crippen molar-refractivity contribution in [2.24, 2.45) is 0 Å². The van der Waals surface area contributed by atoms with E-state index in [1.54, 1.807) is 25.1 Å². The Hall–Kier alpha value is -3.52. The van der Waals surface area contributed by atoms with E-state index in [2.05, 4.69) is 19.7 Å². The number of imidazole rings is 1. The Balaban J connectivity index is 1.45. The summed E-state index contributed by atoms with van der Waals surface area (Å²) in [4.78, 5) is 4.67. The van der Waals surface area contributed by atoms with Gasteiger partial charge in [0.25, 0.3) is 0 Å². The average molecular weight is 417 g/mol. The minimum absolute atomic E-state index is 0.550. The van der Waals surface area contributed by atoms with Crippen molar-refractivity contribution in [3.05, 3.63) is 84.7 Å². The molecule has 5 rings (SSSR count). The minimum atomic E-state index is 0.550. The molecule has 0 aliphatic heterocycles. The molecular formula is C22H19N5O2S. The smallest absolute Gasteiger partial charge is 0.192 e. The normalized spacial score (nSPS) is 11.2. The van der Waals surface area contributed by atoms with Crippen LogP contribution in [0.3, 0.4) is 0 Å². The van der Waals surface area contributed by atoms with Crippen LogP contribution in [-0.4, -0.2) is 31.3 Å². The molecule has 8 heteroatoms. The lowest BCUT2D eigenvalue weighted by molar-refractivity contribution is 0.415. The fraction of sp³-hybridized carbons (Fsp3) is 0.136. The van der Waals surface area contributed by atoms with Gasteiger partial charge in [0.15, 0.2) is 11.0 Å². The Kier molecular flexibility index (Phi) is 4.98. The Morgan fingerprint density at radius 1 is 1.03 bits per heavy atom. The van der Waals surface area contributed by atoms with Crippen LogP contribution in [0.2, 0.25) is 0 Å². The van der Waals surface area contributed by atoms with E-state index in [0.29, 0.717) is 12.3 Å². The van der Waals surface area contributed by atoms with Crippen LogP contribution in [0, 0.1) is 0 Å². The van der Waals surface area contributed by atoms with Crippen LogP contribution >= 0.6 is 11.8 Å². The first-order valence-electron chi connectivity index (χ1n) is 9.45. The number of hydrogen-bond acceptors (Lipinski definition) is 6. The summed E-state index contributed by atoms with van der Waals surface area (Å²) < 4.78 is 14.9. The molecule has 5 aromatic rings. The molecule has 0 spiro atoms. The lowest BCUT2D eigenvalue weighted by atomic mass is 10.2. The van der Waals surface area contributed by atoms with Gasteiger partial charge < -0.3 is 13.6 Å². The quantitative estimate of drug-likeness (QED) is 0.362. The molecule has 0 atom stereocenters. The largest absolute Gasteiger partial charge is 0.497 e. The van der Waals surface area contributed by atoms with Crippen LogP contribution in [0.25, 0.3) is 17.0 Å². The molecule has 0 fully saturated rings. The second kappa shape index (κ2) is 8.08. The maximum absolute atomic E-state index is 5.57. The van der Waals surface area contributed by atoms with E-state index in [-0.39, 0.29) is 0 Å². The number of nitrogens with zero attached hydrogens (tertiary/aromatic N) is 5. The van der Waals surface area contributed by atoms with Crippen molar-refractivity contribution < 1.29 is 9.15 Å². The molecule has 0 amide bonds. The fourth-order valence-corrected chi connectivity index (χ4v) is 4.07. The lowest BCUT2D eigenvalue weighted by Crippen LogP contribution is -2.03. The Morgan fingerprint density at radius 2 is 1.93 bits per heavy atom. The number of aromatic nitrogens is 5. The highest BCUT2D eigenvalue weighted by Crippen LogP contribution is 2.28. The van der Waals surface area contributed by atoms with E-state index in [1.165, 1.54) is 0 Å². The average Bonchev–Trinajstić information content (AvgIpc) is 3.52. The zero-order valence-electron chi connectivity index (χ0n) is 16.3. The summed E-state index contributed by atoms with van der Waals surface area (Å²) in [5, 5.41) is 9.73.